The predicted octanol–water partition coefficient (Wildman–Crippen LogP) is 1.97. The van der Waals surface area contributed by atoms with E-state index < -0.39 is 23.0 Å². The van der Waals surface area contributed by atoms with Gasteiger partial charge in [-0.2, -0.15) is 0 Å². The lowest BCUT2D eigenvalue weighted by Gasteiger charge is -2.39. The van der Waals surface area contributed by atoms with E-state index in [1.807, 2.05) is 13.8 Å². The zero-order chi connectivity index (χ0) is 15.4. The number of aliphatic hydroxyl groups is 1. The van der Waals surface area contributed by atoms with Crippen LogP contribution in [-0.2, 0) is 19.9 Å². The van der Waals surface area contributed by atoms with Gasteiger partial charge in [0, 0.05) is 22.1 Å². The van der Waals surface area contributed by atoms with Crippen molar-refractivity contribution in [1.29, 1.82) is 0 Å². The molecular formula is C15H16BrNO4. The summed E-state index contributed by atoms with van der Waals surface area (Å²) in [5.74, 6) is -1.62. The van der Waals surface area contributed by atoms with Crippen molar-refractivity contribution in [1.82, 2.24) is 0 Å². The normalized spacial score (nSPS) is 31.0. The van der Waals surface area contributed by atoms with E-state index in [1.54, 1.807) is 18.2 Å². The Morgan fingerprint density at radius 2 is 2.10 bits per heavy atom. The van der Waals surface area contributed by atoms with Crippen LogP contribution in [0.4, 0.5) is 5.69 Å². The second-order valence-corrected chi connectivity index (χ2v) is 7.09. The lowest BCUT2D eigenvalue weighted by atomic mass is 9.76. The number of benzene rings is 1. The quantitative estimate of drug-likeness (QED) is 0.809. The van der Waals surface area contributed by atoms with E-state index >= 15 is 0 Å². The Kier molecular flexibility index (Phi) is 3.24. The molecule has 2 heterocycles. The largest absolute Gasteiger partial charge is 0.375 e. The molecule has 0 aliphatic carbocycles. The van der Waals surface area contributed by atoms with Gasteiger partial charge in [-0.25, -0.2) is 0 Å². The summed E-state index contributed by atoms with van der Waals surface area (Å²) < 4.78 is 6.38. The highest BCUT2D eigenvalue weighted by atomic mass is 79.9. The fourth-order valence-corrected chi connectivity index (χ4v) is 3.34. The first kappa shape index (κ1) is 14.7. The van der Waals surface area contributed by atoms with Gasteiger partial charge in [0.25, 0.3) is 5.91 Å². The summed E-state index contributed by atoms with van der Waals surface area (Å²) in [5, 5.41) is 13.6. The zero-order valence-corrected chi connectivity index (χ0v) is 13.4. The first-order valence-electron chi connectivity index (χ1n) is 6.74. The van der Waals surface area contributed by atoms with E-state index in [9.17, 15) is 14.7 Å². The van der Waals surface area contributed by atoms with Gasteiger partial charge in [-0.1, -0.05) is 15.9 Å². The molecule has 0 bridgehead atoms. The monoisotopic (exact) mass is 353 g/mol. The zero-order valence-electron chi connectivity index (χ0n) is 11.8. The van der Waals surface area contributed by atoms with Crippen molar-refractivity contribution in [2.45, 2.75) is 31.5 Å². The van der Waals surface area contributed by atoms with E-state index in [0.29, 0.717) is 11.3 Å². The predicted molar refractivity (Wildman–Crippen MR) is 79.8 cm³/mol. The molecule has 1 aromatic rings. The number of hydrogen-bond acceptors (Lipinski definition) is 4. The van der Waals surface area contributed by atoms with Gasteiger partial charge in [0.05, 0.1) is 18.1 Å². The standard InChI is InChI=1S/C15H16BrNO4/c1-14(2)6-12(18)10(7-21-14)15(20)9-5-8(16)3-4-11(9)17-13(15)19/h3-5,10,20H,6-7H2,1-2H3,(H,17,19)/t10-,15-/m0/s1. The molecule has 1 fully saturated rings. The van der Waals surface area contributed by atoms with E-state index in [-0.39, 0.29) is 18.8 Å². The molecule has 0 aromatic heterocycles. The molecule has 2 atom stereocenters. The Hall–Kier alpha value is -1.24. The van der Waals surface area contributed by atoms with Crippen LogP contribution in [-0.4, -0.2) is 29.0 Å². The molecule has 1 saturated heterocycles. The van der Waals surface area contributed by atoms with Crippen LogP contribution in [0.5, 0.6) is 0 Å². The van der Waals surface area contributed by atoms with E-state index in [1.165, 1.54) is 0 Å². The van der Waals surface area contributed by atoms with Crippen LogP contribution >= 0.6 is 15.9 Å². The fraction of sp³-hybridized carbons (Fsp3) is 0.467. The summed E-state index contributed by atoms with van der Waals surface area (Å²) in [6.45, 7) is 3.68. The minimum Gasteiger partial charge on any atom is -0.375 e. The van der Waals surface area contributed by atoms with E-state index in [2.05, 4.69) is 21.2 Å². The highest BCUT2D eigenvalue weighted by molar-refractivity contribution is 9.10. The fourth-order valence-electron chi connectivity index (χ4n) is 2.98. The van der Waals surface area contributed by atoms with E-state index in [4.69, 9.17) is 4.74 Å². The summed E-state index contributed by atoms with van der Waals surface area (Å²) in [7, 11) is 0. The van der Waals surface area contributed by atoms with Crippen molar-refractivity contribution in [2.24, 2.45) is 5.92 Å². The van der Waals surface area contributed by atoms with Crippen molar-refractivity contribution in [3.8, 4) is 0 Å². The third kappa shape index (κ3) is 2.22. The summed E-state index contributed by atoms with van der Waals surface area (Å²) in [4.78, 5) is 24.7. The van der Waals surface area contributed by atoms with Gasteiger partial charge >= 0.3 is 0 Å². The summed E-state index contributed by atoms with van der Waals surface area (Å²) in [6, 6.07) is 5.14. The number of ether oxygens (including phenoxy) is 1. The SMILES string of the molecule is CC1(C)CC(=O)[C@@H]([C@]2(O)C(=O)Nc3ccc(Br)cc32)CO1. The number of halogens is 1. The highest BCUT2D eigenvalue weighted by Crippen LogP contribution is 2.45. The third-order valence-electron chi connectivity index (χ3n) is 4.12. The molecule has 2 aliphatic rings. The maximum absolute atomic E-state index is 12.4. The van der Waals surface area contributed by atoms with Crippen LogP contribution in [0.25, 0.3) is 0 Å². The van der Waals surface area contributed by atoms with Crippen LogP contribution in [0, 0.1) is 5.92 Å². The van der Waals surface area contributed by atoms with Crippen molar-refractivity contribution >= 4 is 33.3 Å². The van der Waals surface area contributed by atoms with Crippen molar-refractivity contribution in [3.63, 3.8) is 0 Å². The van der Waals surface area contributed by atoms with Gasteiger partial charge in [0.15, 0.2) is 5.60 Å². The Bertz CT molecular complexity index is 643. The number of ketones is 1. The molecule has 0 saturated carbocycles. The Morgan fingerprint density at radius 3 is 2.76 bits per heavy atom. The van der Waals surface area contributed by atoms with Gasteiger partial charge in [-0.05, 0) is 32.0 Å². The molecular weight excluding hydrogens is 338 g/mol. The van der Waals surface area contributed by atoms with Crippen molar-refractivity contribution in [2.75, 3.05) is 11.9 Å². The number of amides is 1. The van der Waals surface area contributed by atoms with Gasteiger partial charge in [0.1, 0.15) is 5.78 Å². The summed E-state index contributed by atoms with van der Waals surface area (Å²) in [6.07, 6.45) is 0.177. The van der Waals surface area contributed by atoms with Crippen LogP contribution in [0.15, 0.2) is 22.7 Å². The Morgan fingerprint density at radius 1 is 1.38 bits per heavy atom. The van der Waals surface area contributed by atoms with Crippen LogP contribution < -0.4 is 5.32 Å². The molecule has 0 spiro atoms. The molecule has 1 amide bonds. The van der Waals surface area contributed by atoms with Gasteiger partial charge in [-0.3, -0.25) is 9.59 Å². The molecule has 3 rings (SSSR count). The third-order valence-corrected chi connectivity index (χ3v) is 4.61. The maximum atomic E-state index is 12.4. The smallest absolute Gasteiger partial charge is 0.261 e. The molecule has 2 N–H and O–H groups in total. The molecule has 21 heavy (non-hydrogen) atoms. The number of nitrogens with one attached hydrogen (secondary N) is 1. The number of hydrogen-bond donors (Lipinski definition) is 2. The average Bonchev–Trinajstić information content (AvgIpc) is 2.62. The lowest BCUT2D eigenvalue weighted by molar-refractivity contribution is -0.171. The highest BCUT2D eigenvalue weighted by Gasteiger charge is 2.56. The number of fused-ring (bicyclic) bond motifs is 1. The molecule has 1 aromatic carbocycles. The summed E-state index contributed by atoms with van der Waals surface area (Å²) >= 11 is 3.33. The topological polar surface area (TPSA) is 75.6 Å². The average molecular weight is 354 g/mol. The summed E-state index contributed by atoms with van der Waals surface area (Å²) in [5.41, 5.74) is -1.47. The first-order valence-corrected chi connectivity index (χ1v) is 7.54. The van der Waals surface area contributed by atoms with E-state index in [0.717, 1.165) is 4.47 Å². The van der Waals surface area contributed by atoms with Crippen LogP contribution in [0.3, 0.4) is 0 Å². The van der Waals surface area contributed by atoms with Crippen molar-refractivity contribution in [3.05, 3.63) is 28.2 Å². The molecule has 5 nitrogen and oxygen atoms in total. The maximum Gasteiger partial charge on any atom is 0.261 e. The minimum absolute atomic E-state index is 0.0295. The van der Waals surface area contributed by atoms with Gasteiger partial charge in [0.2, 0.25) is 0 Å². The van der Waals surface area contributed by atoms with Gasteiger partial charge in [-0.15, -0.1) is 0 Å². The minimum atomic E-state index is -1.87. The van der Waals surface area contributed by atoms with Crippen molar-refractivity contribution < 1.29 is 19.4 Å². The van der Waals surface area contributed by atoms with Crippen LogP contribution in [0.2, 0.25) is 0 Å². The Labute approximate surface area is 130 Å². The second-order valence-electron chi connectivity index (χ2n) is 6.18. The van der Waals surface area contributed by atoms with Crippen LogP contribution in [0.1, 0.15) is 25.8 Å². The molecule has 112 valence electrons. The molecule has 0 unspecified atom stereocenters. The van der Waals surface area contributed by atoms with Gasteiger partial charge < -0.3 is 15.2 Å². The number of carbonyl (C=O) groups excluding carboxylic acids is 2. The number of rotatable bonds is 1. The number of Topliss-reactive ketones (excluding diaryl/α,β-unsaturated/α-hetero) is 1. The Balaban J connectivity index is 2.04. The molecule has 6 heteroatoms. The number of carbonyl (C=O) groups is 2. The second kappa shape index (κ2) is 4.63. The lowest BCUT2D eigenvalue weighted by Crippen LogP contribution is -2.53. The number of anilines is 1. The molecule has 0 radical (unpaired) electrons. The molecule has 2 aliphatic heterocycles. The first-order chi connectivity index (χ1) is 9.74.